The highest BCUT2D eigenvalue weighted by Gasteiger charge is 2.26. The number of carbonyl (C=O) groups is 3. The number of hydrogen-bond donors (Lipinski definition) is 2. The Labute approximate surface area is 197 Å². The molecule has 2 rings (SSSR count). The van der Waals surface area contributed by atoms with Gasteiger partial charge in [-0.3, -0.25) is 14.4 Å². The SMILES string of the molecule is C=CCN(c1ccccc1)S(=O)(=O)c1ccc(Cl)c(C(=O)OCC(=O)NC(=O)NC(C)C)c1. The van der Waals surface area contributed by atoms with Crippen LogP contribution in [0.4, 0.5) is 10.5 Å². The largest absolute Gasteiger partial charge is 0.452 e. The molecule has 0 saturated carbocycles. The molecule has 2 aromatic rings. The number of hydrogen-bond acceptors (Lipinski definition) is 6. The van der Waals surface area contributed by atoms with Gasteiger partial charge in [0, 0.05) is 6.04 Å². The van der Waals surface area contributed by atoms with Crippen molar-refractivity contribution in [3.8, 4) is 0 Å². The van der Waals surface area contributed by atoms with Crippen LogP contribution in [0.2, 0.25) is 5.02 Å². The van der Waals surface area contributed by atoms with Crippen LogP contribution in [0.1, 0.15) is 24.2 Å². The molecule has 0 bridgehead atoms. The van der Waals surface area contributed by atoms with Gasteiger partial charge in [0.05, 0.1) is 27.7 Å². The summed E-state index contributed by atoms with van der Waals surface area (Å²) in [6.45, 7) is 6.25. The van der Waals surface area contributed by atoms with Crippen LogP contribution >= 0.6 is 11.6 Å². The highest BCUT2D eigenvalue weighted by Crippen LogP contribution is 2.27. The number of nitrogens with one attached hydrogen (secondary N) is 2. The topological polar surface area (TPSA) is 122 Å². The zero-order valence-corrected chi connectivity index (χ0v) is 19.7. The van der Waals surface area contributed by atoms with E-state index in [4.69, 9.17) is 16.3 Å². The Bertz CT molecular complexity index is 1140. The highest BCUT2D eigenvalue weighted by atomic mass is 35.5. The van der Waals surface area contributed by atoms with Gasteiger partial charge in [-0.05, 0) is 44.2 Å². The molecule has 0 aliphatic rings. The van der Waals surface area contributed by atoms with Crippen molar-refractivity contribution < 1.29 is 27.5 Å². The van der Waals surface area contributed by atoms with E-state index in [9.17, 15) is 22.8 Å². The number of anilines is 1. The van der Waals surface area contributed by atoms with Gasteiger partial charge in [0.25, 0.3) is 15.9 Å². The number of ether oxygens (including phenoxy) is 1. The van der Waals surface area contributed by atoms with E-state index >= 15 is 0 Å². The Kier molecular flexibility index (Phi) is 9.01. The minimum atomic E-state index is -4.08. The van der Waals surface area contributed by atoms with Crippen LogP contribution in [0.5, 0.6) is 0 Å². The van der Waals surface area contributed by atoms with Gasteiger partial charge in [-0.15, -0.1) is 6.58 Å². The molecular formula is C22H24ClN3O6S. The lowest BCUT2D eigenvalue weighted by Gasteiger charge is -2.23. The van der Waals surface area contributed by atoms with E-state index in [0.717, 1.165) is 10.4 Å². The Morgan fingerprint density at radius 1 is 1.15 bits per heavy atom. The summed E-state index contributed by atoms with van der Waals surface area (Å²) in [5.41, 5.74) is 0.164. The second kappa shape index (κ2) is 11.5. The summed E-state index contributed by atoms with van der Waals surface area (Å²) in [5, 5.41) is 4.39. The summed E-state index contributed by atoms with van der Waals surface area (Å²) in [5.74, 6) is -1.88. The minimum Gasteiger partial charge on any atom is -0.452 e. The van der Waals surface area contributed by atoms with E-state index in [0.29, 0.717) is 5.69 Å². The molecule has 0 heterocycles. The first-order valence-electron chi connectivity index (χ1n) is 9.82. The molecule has 2 N–H and O–H groups in total. The van der Waals surface area contributed by atoms with Crippen molar-refractivity contribution in [3.05, 3.63) is 71.8 Å². The third kappa shape index (κ3) is 7.06. The van der Waals surface area contributed by atoms with E-state index in [-0.39, 0.29) is 28.1 Å². The normalized spacial score (nSPS) is 10.9. The number of halogens is 1. The Morgan fingerprint density at radius 3 is 2.42 bits per heavy atom. The van der Waals surface area contributed by atoms with Crippen LogP contribution in [0.25, 0.3) is 0 Å². The Hall–Kier alpha value is -3.37. The fourth-order valence-corrected chi connectivity index (χ4v) is 4.33. The molecule has 3 amide bonds. The van der Waals surface area contributed by atoms with Gasteiger partial charge in [0.2, 0.25) is 0 Å². The van der Waals surface area contributed by atoms with Crippen molar-refractivity contribution in [2.75, 3.05) is 17.5 Å². The maximum absolute atomic E-state index is 13.3. The number of benzene rings is 2. The molecule has 0 saturated heterocycles. The van der Waals surface area contributed by atoms with Crippen molar-refractivity contribution in [1.82, 2.24) is 10.6 Å². The monoisotopic (exact) mass is 493 g/mol. The summed E-state index contributed by atoms with van der Waals surface area (Å²) in [4.78, 5) is 35.6. The van der Waals surface area contributed by atoms with E-state index in [2.05, 4.69) is 11.9 Å². The van der Waals surface area contributed by atoms with Crippen LogP contribution in [-0.4, -0.2) is 45.5 Å². The lowest BCUT2D eigenvalue weighted by molar-refractivity contribution is -0.123. The average molecular weight is 494 g/mol. The zero-order valence-electron chi connectivity index (χ0n) is 18.1. The van der Waals surface area contributed by atoms with Crippen LogP contribution in [0.15, 0.2) is 66.1 Å². The lowest BCUT2D eigenvalue weighted by Crippen LogP contribution is -2.44. The summed E-state index contributed by atoms with van der Waals surface area (Å²) in [6, 6.07) is 11.0. The quantitative estimate of drug-likeness (QED) is 0.409. The Balaban J connectivity index is 2.22. The number of amides is 3. The first kappa shape index (κ1) is 25.9. The summed E-state index contributed by atoms with van der Waals surface area (Å²) >= 11 is 6.07. The molecule has 0 aliphatic heterocycles. The van der Waals surface area contributed by atoms with Gasteiger partial charge in [-0.25, -0.2) is 18.0 Å². The second-order valence-electron chi connectivity index (χ2n) is 7.05. The fourth-order valence-electron chi connectivity index (χ4n) is 2.67. The zero-order chi connectivity index (χ0) is 24.6. The van der Waals surface area contributed by atoms with Crippen LogP contribution in [0, 0.1) is 0 Å². The molecule has 0 fully saturated rings. The Morgan fingerprint density at radius 2 is 1.82 bits per heavy atom. The van der Waals surface area contributed by atoms with Gasteiger partial charge in [-0.1, -0.05) is 35.9 Å². The summed E-state index contributed by atoms with van der Waals surface area (Å²) in [7, 11) is -4.08. The number of carbonyl (C=O) groups excluding carboxylic acids is 3. The number of sulfonamides is 1. The molecular weight excluding hydrogens is 470 g/mol. The molecule has 2 aromatic carbocycles. The number of imide groups is 1. The molecule has 0 aromatic heterocycles. The van der Waals surface area contributed by atoms with Gasteiger partial charge < -0.3 is 10.1 Å². The van der Waals surface area contributed by atoms with Crippen molar-refractivity contribution in [2.45, 2.75) is 24.8 Å². The van der Waals surface area contributed by atoms with E-state index in [1.807, 2.05) is 5.32 Å². The van der Waals surface area contributed by atoms with Gasteiger partial charge in [0.1, 0.15) is 0 Å². The molecule has 11 heteroatoms. The molecule has 0 unspecified atom stereocenters. The van der Waals surface area contributed by atoms with Crippen molar-refractivity contribution in [3.63, 3.8) is 0 Å². The molecule has 9 nitrogen and oxygen atoms in total. The van der Waals surface area contributed by atoms with Gasteiger partial charge >= 0.3 is 12.0 Å². The molecule has 0 spiro atoms. The first-order valence-corrected chi connectivity index (χ1v) is 11.6. The molecule has 0 aliphatic carbocycles. The number of nitrogens with zero attached hydrogens (tertiary/aromatic N) is 1. The molecule has 33 heavy (non-hydrogen) atoms. The molecule has 0 radical (unpaired) electrons. The van der Waals surface area contributed by atoms with Crippen LogP contribution in [0.3, 0.4) is 0 Å². The third-order valence-electron chi connectivity index (χ3n) is 4.09. The standard InChI is InChI=1S/C22H24ClN3O6S/c1-4-12-26(16-8-6-5-7-9-16)33(30,31)17-10-11-19(23)18(13-17)21(28)32-14-20(27)25-22(29)24-15(2)3/h4-11,13,15H,1,12,14H2,2-3H3,(H2,24,25,27,29). The second-order valence-corrected chi connectivity index (χ2v) is 9.32. The third-order valence-corrected chi connectivity index (χ3v) is 6.21. The maximum atomic E-state index is 13.3. The van der Waals surface area contributed by atoms with Gasteiger partial charge in [0.15, 0.2) is 6.61 Å². The van der Waals surface area contributed by atoms with E-state index in [1.54, 1.807) is 44.2 Å². The van der Waals surface area contributed by atoms with E-state index < -0.39 is 34.5 Å². The number of urea groups is 1. The predicted octanol–water partition coefficient (Wildman–Crippen LogP) is 3.11. The maximum Gasteiger partial charge on any atom is 0.340 e. The lowest BCUT2D eigenvalue weighted by atomic mass is 10.2. The summed E-state index contributed by atoms with van der Waals surface area (Å²) in [6.07, 6.45) is 1.43. The van der Waals surface area contributed by atoms with Gasteiger partial charge in [-0.2, -0.15) is 0 Å². The van der Waals surface area contributed by atoms with Crippen molar-refractivity contribution in [2.24, 2.45) is 0 Å². The molecule has 176 valence electrons. The number of rotatable bonds is 9. The smallest absolute Gasteiger partial charge is 0.340 e. The van der Waals surface area contributed by atoms with Crippen molar-refractivity contribution in [1.29, 1.82) is 0 Å². The molecule has 0 atom stereocenters. The van der Waals surface area contributed by atoms with Crippen molar-refractivity contribution >= 4 is 45.2 Å². The minimum absolute atomic E-state index is 0.00658. The average Bonchev–Trinajstić information content (AvgIpc) is 2.75. The number of para-hydroxylation sites is 1. The highest BCUT2D eigenvalue weighted by molar-refractivity contribution is 7.92. The predicted molar refractivity (Wildman–Crippen MR) is 125 cm³/mol. The fraction of sp³-hybridized carbons (Fsp3) is 0.227. The number of esters is 1. The first-order chi connectivity index (χ1) is 15.6. The van der Waals surface area contributed by atoms with Crippen LogP contribution < -0.4 is 14.9 Å². The van der Waals surface area contributed by atoms with E-state index in [1.165, 1.54) is 18.2 Å². The van der Waals surface area contributed by atoms with Crippen LogP contribution in [-0.2, 0) is 19.6 Å². The summed E-state index contributed by atoms with van der Waals surface area (Å²) < 4.78 is 32.5.